The van der Waals surface area contributed by atoms with Crippen LogP contribution in [0.4, 0.5) is 0 Å². The molecular formula is C15H22ClNO3S. The zero-order valence-electron chi connectivity index (χ0n) is 12.4. The quantitative estimate of drug-likeness (QED) is 0.588. The Morgan fingerprint density at radius 1 is 1.19 bits per heavy atom. The molecule has 0 aliphatic rings. The summed E-state index contributed by atoms with van der Waals surface area (Å²) >= 11 is 0. The molecule has 6 heteroatoms. The van der Waals surface area contributed by atoms with Gasteiger partial charge in [-0.25, -0.2) is 8.42 Å². The first-order valence-corrected chi connectivity index (χ1v) is 9.50. The summed E-state index contributed by atoms with van der Waals surface area (Å²) in [4.78, 5) is 11.9. The molecule has 118 valence electrons. The summed E-state index contributed by atoms with van der Waals surface area (Å²) in [7, 11) is 1.60. The van der Waals surface area contributed by atoms with Crippen molar-refractivity contribution in [3.05, 3.63) is 29.8 Å². The van der Waals surface area contributed by atoms with Crippen molar-refractivity contribution in [3.63, 3.8) is 0 Å². The topological polar surface area (TPSA) is 63.2 Å². The number of aryl methyl sites for hydroxylation is 1. The highest BCUT2D eigenvalue weighted by Gasteiger charge is 2.13. The number of hydrogen-bond acceptors (Lipinski definition) is 3. The number of carbonyl (C=O) groups excluding carboxylic acids is 1. The van der Waals surface area contributed by atoms with Gasteiger partial charge >= 0.3 is 0 Å². The Balaban J connectivity index is 2.38. The highest BCUT2D eigenvalue weighted by molar-refractivity contribution is 8.13. The summed E-state index contributed by atoms with van der Waals surface area (Å²) in [6.07, 6.45) is 3.32. The molecule has 0 bridgehead atoms. The van der Waals surface area contributed by atoms with Gasteiger partial charge in [-0.3, -0.25) is 4.79 Å². The second-order valence-corrected chi connectivity index (χ2v) is 7.56. The second-order valence-electron chi connectivity index (χ2n) is 4.99. The van der Waals surface area contributed by atoms with Gasteiger partial charge in [0.25, 0.3) is 9.05 Å². The normalized spacial score (nSPS) is 11.6. The van der Waals surface area contributed by atoms with Gasteiger partial charge in [0.2, 0.25) is 5.91 Å². The van der Waals surface area contributed by atoms with Crippen LogP contribution in [0.3, 0.4) is 0 Å². The highest BCUT2D eigenvalue weighted by atomic mass is 35.7. The average Bonchev–Trinajstić information content (AvgIpc) is 2.44. The Labute approximate surface area is 131 Å². The smallest absolute Gasteiger partial charge is 0.261 e. The minimum absolute atomic E-state index is 0.0956. The fourth-order valence-electron chi connectivity index (χ4n) is 2.13. The fraction of sp³-hybridized carbons (Fsp3) is 0.533. The molecule has 0 spiro atoms. The molecule has 0 saturated carbocycles. The summed E-state index contributed by atoms with van der Waals surface area (Å²) in [5.41, 5.74) is 1.02. The summed E-state index contributed by atoms with van der Waals surface area (Å²) in [6, 6.07) is 6.50. The first kappa shape index (κ1) is 18.0. The zero-order valence-corrected chi connectivity index (χ0v) is 14.0. The molecule has 1 aromatic rings. The van der Waals surface area contributed by atoms with E-state index < -0.39 is 9.05 Å². The molecule has 1 aromatic carbocycles. The first-order chi connectivity index (χ1) is 9.88. The van der Waals surface area contributed by atoms with E-state index in [1.165, 1.54) is 12.1 Å². The lowest BCUT2D eigenvalue weighted by atomic mass is 10.0. The molecule has 0 fully saturated rings. The van der Waals surface area contributed by atoms with Gasteiger partial charge in [0.1, 0.15) is 0 Å². The van der Waals surface area contributed by atoms with Crippen molar-refractivity contribution in [2.45, 2.75) is 44.4 Å². The number of rotatable bonds is 8. The van der Waals surface area contributed by atoms with Crippen molar-refractivity contribution in [2.24, 2.45) is 5.92 Å². The van der Waals surface area contributed by atoms with Crippen molar-refractivity contribution in [2.75, 3.05) is 6.54 Å². The van der Waals surface area contributed by atoms with Gasteiger partial charge in [-0.15, -0.1) is 0 Å². The lowest BCUT2D eigenvalue weighted by molar-refractivity contribution is -0.125. The van der Waals surface area contributed by atoms with Gasteiger partial charge in [-0.1, -0.05) is 26.0 Å². The lowest BCUT2D eigenvalue weighted by Crippen LogP contribution is -2.31. The molecule has 0 aliphatic carbocycles. The molecule has 21 heavy (non-hydrogen) atoms. The molecule has 1 N–H and O–H groups in total. The van der Waals surface area contributed by atoms with Gasteiger partial charge in [0.15, 0.2) is 0 Å². The third kappa shape index (κ3) is 6.06. The van der Waals surface area contributed by atoms with Crippen LogP contribution in [0.2, 0.25) is 0 Å². The number of benzene rings is 1. The molecule has 1 rings (SSSR count). The maximum Gasteiger partial charge on any atom is 0.261 e. The van der Waals surface area contributed by atoms with Gasteiger partial charge in [0.05, 0.1) is 4.90 Å². The van der Waals surface area contributed by atoms with E-state index in [2.05, 4.69) is 5.32 Å². The molecule has 4 nitrogen and oxygen atoms in total. The minimum atomic E-state index is -3.66. The van der Waals surface area contributed by atoms with E-state index in [1.807, 2.05) is 13.8 Å². The molecule has 0 aliphatic heterocycles. The predicted molar refractivity (Wildman–Crippen MR) is 84.9 cm³/mol. The number of nitrogens with one attached hydrogen (secondary N) is 1. The van der Waals surface area contributed by atoms with Crippen molar-refractivity contribution in [1.82, 2.24) is 5.32 Å². The molecule has 0 heterocycles. The van der Waals surface area contributed by atoms with E-state index in [9.17, 15) is 13.2 Å². The molecule has 0 atom stereocenters. The third-order valence-electron chi connectivity index (χ3n) is 3.50. The minimum Gasteiger partial charge on any atom is -0.356 e. The van der Waals surface area contributed by atoms with Gasteiger partial charge < -0.3 is 5.32 Å². The molecule has 1 amide bonds. The molecule has 0 aromatic heterocycles. The molecule has 0 saturated heterocycles. The lowest BCUT2D eigenvalue weighted by Gasteiger charge is -2.12. The number of hydrogen-bond donors (Lipinski definition) is 1. The molecular weight excluding hydrogens is 310 g/mol. The maximum absolute atomic E-state index is 11.8. The Hall–Kier alpha value is -1.07. The van der Waals surface area contributed by atoms with Crippen molar-refractivity contribution < 1.29 is 13.2 Å². The Bertz CT molecular complexity index is 551. The van der Waals surface area contributed by atoms with Crippen LogP contribution in [0.25, 0.3) is 0 Å². The standard InChI is InChI=1S/C15H22ClNO3S/c1-3-13(4-2)15(18)17-11-5-6-12-7-9-14(10-8-12)21(16,19)20/h7-10,13H,3-6,11H2,1-2H3,(H,17,18). The Morgan fingerprint density at radius 2 is 1.76 bits per heavy atom. The largest absolute Gasteiger partial charge is 0.356 e. The van der Waals surface area contributed by atoms with Crippen LogP contribution in [0.15, 0.2) is 29.2 Å². The Kier molecular flexibility index (Phi) is 7.18. The zero-order chi connectivity index (χ0) is 15.9. The van der Waals surface area contributed by atoms with E-state index >= 15 is 0 Å². The summed E-state index contributed by atoms with van der Waals surface area (Å²) in [5, 5.41) is 2.93. The highest BCUT2D eigenvalue weighted by Crippen LogP contribution is 2.16. The van der Waals surface area contributed by atoms with Crippen LogP contribution in [-0.4, -0.2) is 20.9 Å². The van der Waals surface area contributed by atoms with Crippen molar-refractivity contribution >= 4 is 25.6 Å². The van der Waals surface area contributed by atoms with Crippen LogP contribution in [0, 0.1) is 5.92 Å². The summed E-state index contributed by atoms with van der Waals surface area (Å²) in [6.45, 7) is 4.66. The van der Waals surface area contributed by atoms with Gasteiger partial charge in [-0.2, -0.15) is 0 Å². The summed E-state index contributed by atoms with van der Waals surface area (Å²) < 4.78 is 22.2. The molecule has 0 unspecified atom stereocenters. The van der Waals surface area contributed by atoms with Crippen LogP contribution < -0.4 is 5.32 Å². The second kappa shape index (κ2) is 8.39. The van der Waals surface area contributed by atoms with Crippen LogP contribution in [-0.2, 0) is 20.3 Å². The molecule has 0 radical (unpaired) electrons. The third-order valence-corrected chi connectivity index (χ3v) is 4.87. The monoisotopic (exact) mass is 331 g/mol. The van der Waals surface area contributed by atoms with Crippen molar-refractivity contribution in [1.29, 1.82) is 0 Å². The number of amides is 1. The van der Waals surface area contributed by atoms with E-state index in [0.29, 0.717) is 6.54 Å². The fourth-order valence-corrected chi connectivity index (χ4v) is 2.90. The van der Waals surface area contributed by atoms with E-state index in [4.69, 9.17) is 10.7 Å². The van der Waals surface area contributed by atoms with Crippen LogP contribution in [0.1, 0.15) is 38.7 Å². The van der Waals surface area contributed by atoms with Crippen LogP contribution >= 0.6 is 10.7 Å². The first-order valence-electron chi connectivity index (χ1n) is 7.19. The Morgan fingerprint density at radius 3 is 2.24 bits per heavy atom. The maximum atomic E-state index is 11.8. The van der Waals surface area contributed by atoms with Crippen LogP contribution in [0.5, 0.6) is 0 Å². The van der Waals surface area contributed by atoms with Crippen molar-refractivity contribution in [3.8, 4) is 0 Å². The van der Waals surface area contributed by atoms with Gasteiger partial charge in [0, 0.05) is 23.1 Å². The van der Waals surface area contributed by atoms with Gasteiger partial charge in [-0.05, 0) is 43.4 Å². The number of carbonyl (C=O) groups is 1. The van der Waals surface area contributed by atoms with E-state index in [1.54, 1.807) is 12.1 Å². The number of halogens is 1. The predicted octanol–water partition coefficient (Wildman–Crippen LogP) is 3.10. The summed E-state index contributed by atoms with van der Waals surface area (Å²) in [5.74, 6) is 0.210. The van der Waals surface area contributed by atoms with E-state index in [0.717, 1.165) is 31.2 Å². The van der Waals surface area contributed by atoms with E-state index in [-0.39, 0.29) is 16.7 Å². The SMILES string of the molecule is CCC(CC)C(=O)NCCCc1ccc(S(=O)(=O)Cl)cc1. The average molecular weight is 332 g/mol.